The summed E-state index contributed by atoms with van der Waals surface area (Å²) in [6.07, 6.45) is 0.924. The summed E-state index contributed by atoms with van der Waals surface area (Å²) in [5.74, 6) is 0.907. The number of ether oxygens (including phenoxy) is 1. The number of carbonyl (C=O) groups excluding carboxylic acids is 1. The average Bonchev–Trinajstić information content (AvgIpc) is 2.99. The van der Waals surface area contributed by atoms with Crippen molar-refractivity contribution < 1.29 is 9.53 Å². The van der Waals surface area contributed by atoms with Gasteiger partial charge in [-0.15, -0.1) is 0 Å². The average molecular weight is 322 g/mol. The molecule has 0 bridgehead atoms. The maximum atomic E-state index is 12.9. The number of urea groups is 1. The lowest BCUT2D eigenvalue weighted by molar-refractivity contribution is 0.236. The van der Waals surface area contributed by atoms with Crippen molar-refractivity contribution in [1.82, 2.24) is 5.32 Å². The summed E-state index contributed by atoms with van der Waals surface area (Å²) in [4.78, 5) is 14.7. The molecule has 2 aromatic rings. The van der Waals surface area contributed by atoms with E-state index < -0.39 is 0 Å². The lowest BCUT2D eigenvalue weighted by Crippen LogP contribution is -2.55. The van der Waals surface area contributed by atoms with Crippen LogP contribution in [0.3, 0.4) is 0 Å². The van der Waals surface area contributed by atoms with Crippen molar-refractivity contribution in [2.24, 2.45) is 0 Å². The van der Waals surface area contributed by atoms with Gasteiger partial charge in [0.05, 0.1) is 18.3 Å². The van der Waals surface area contributed by atoms with Crippen LogP contribution < -0.4 is 15.0 Å². The van der Waals surface area contributed by atoms with Crippen molar-refractivity contribution in [2.75, 3.05) is 11.5 Å². The normalized spacial score (nSPS) is 19.4. The van der Waals surface area contributed by atoms with Gasteiger partial charge in [-0.1, -0.05) is 30.3 Å². The molecule has 1 N–H and O–H groups in total. The molecule has 0 aliphatic carbocycles. The monoisotopic (exact) mass is 322 g/mol. The van der Waals surface area contributed by atoms with Gasteiger partial charge in [0.1, 0.15) is 5.75 Å². The van der Waals surface area contributed by atoms with Crippen LogP contribution in [0.2, 0.25) is 0 Å². The minimum atomic E-state index is -0.312. The van der Waals surface area contributed by atoms with E-state index in [9.17, 15) is 4.79 Å². The fourth-order valence-corrected chi connectivity index (χ4v) is 3.61. The topological polar surface area (TPSA) is 41.6 Å². The van der Waals surface area contributed by atoms with Crippen molar-refractivity contribution in [1.29, 1.82) is 0 Å². The van der Waals surface area contributed by atoms with Gasteiger partial charge in [0.15, 0.2) is 0 Å². The first-order chi connectivity index (χ1) is 11.4. The summed E-state index contributed by atoms with van der Waals surface area (Å²) in [6, 6.07) is 14.2. The van der Waals surface area contributed by atoms with E-state index in [-0.39, 0.29) is 17.6 Å². The van der Waals surface area contributed by atoms with Gasteiger partial charge in [0.2, 0.25) is 0 Å². The van der Waals surface area contributed by atoms with Gasteiger partial charge < -0.3 is 10.1 Å². The SMILES string of the molecule is CC(C)(C)N1C(=O)NC(c2ccccc2)c2cc3c(cc21)OCC3. The van der Waals surface area contributed by atoms with E-state index >= 15 is 0 Å². The number of hydrogen-bond donors (Lipinski definition) is 1. The van der Waals surface area contributed by atoms with Gasteiger partial charge in [-0.3, -0.25) is 4.90 Å². The summed E-state index contributed by atoms with van der Waals surface area (Å²) in [6.45, 7) is 6.86. The number of rotatable bonds is 1. The van der Waals surface area contributed by atoms with E-state index in [4.69, 9.17) is 4.74 Å². The smallest absolute Gasteiger partial charge is 0.323 e. The molecule has 0 aromatic heterocycles. The molecule has 4 nitrogen and oxygen atoms in total. The summed E-state index contributed by atoms with van der Waals surface area (Å²) < 4.78 is 5.74. The Morgan fingerprint density at radius 3 is 2.62 bits per heavy atom. The Kier molecular flexibility index (Phi) is 3.30. The summed E-state index contributed by atoms with van der Waals surface area (Å²) in [7, 11) is 0. The number of benzene rings is 2. The van der Waals surface area contributed by atoms with Gasteiger partial charge in [0, 0.05) is 23.6 Å². The molecule has 1 atom stereocenters. The highest BCUT2D eigenvalue weighted by atomic mass is 16.5. The predicted octanol–water partition coefficient (Wildman–Crippen LogP) is 4.04. The molecular formula is C20H22N2O2. The highest BCUT2D eigenvalue weighted by Gasteiger charge is 2.38. The van der Waals surface area contributed by atoms with Crippen LogP contribution in [0.1, 0.15) is 43.5 Å². The third-order valence-corrected chi connectivity index (χ3v) is 4.67. The Bertz CT molecular complexity index is 793. The zero-order valence-electron chi connectivity index (χ0n) is 14.3. The molecule has 4 heteroatoms. The second-order valence-electron chi connectivity index (χ2n) is 7.42. The van der Waals surface area contributed by atoms with E-state index in [0.29, 0.717) is 6.61 Å². The van der Waals surface area contributed by atoms with Gasteiger partial charge in [-0.05, 0) is 38.0 Å². The Hall–Kier alpha value is -2.49. The molecular weight excluding hydrogens is 300 g/mol. The van der Waals surface area contributed by atoms with Crippen molar-refractivity contribution in [3.8, 4) is 5.75 Å². The van der Waals surface area contributed by atoms with Crippen LogP contribution in [0, 0.1) is 0 Å². The second-order valence-corrected chi connectivity index (χ2v) is 7.42. The molecule has 2 aromatic carbocycles. The van der Waals surface area contributed by atoms with E-state index in [1.165, 1.54) is 5.56 Å². The molecule has 24 heavy (non-hydrogen) atoms. The molecule has 124 valence electrons. The molecule has 0 spiro atoms. The number of anilines is 1. The Labute approximate surface area is 142 Å². The van der Waals surface area contributed by atoms with E-state index in [2.05, 4.69) is 23.5 Å². The van der Waals surface area contributed by atoms with Crippen LogP contribution in [0.15, 0.2) is 42.5 Å². The number of nitrogens with one attached hydrogen (secondary N) is 1. The molecule has 2 amide bonds. The third-order valence-electron chi connectivity index (χ3n) is 4.67. The molecule has 0 saturated heterocycles. The lowest BCUT2D eigenvalue weighted by Gasteiger charge is -2.42. The Morgan fingerprint density at radius 2 is 1.92 bits per heavy atom. The predicted molar refractivity (Wildman–Crippen MR) is 94.7 cm³/mol. The first-order valence-electron chi connectivity index (χ1n) is 8.40. The standard InChI is InChI=1S/C20H22N2O2/c1-20(2,3)22-16-12-17-14(9-10-24-17)11-15(16)18(21-19(22)23)13-7-5-4-6-8-13/h4-8,11-12,18H,9-10H2,1-3H3,(H,21,23). The number of hydrogen-bond acceptors (Lipinski definition) is 2. The highest BCUT2D eigenvalue weighted by molar-refractivity contribution is 5.97. The first kappa shape index (κ1) is 15.1. The van der Waals surface area contributed by atoms with Gasteiger partial charge in [-0.2, -0.15) is 0 Å². The van der Waals surface area contributed by atoms with Crippen LogP contribution in [-0.2, 0) is 6.42 Å². The molecule has 2 aliphatic heterocycles. The first-order valence-corrected chi connectivity index (χ1v) is 8.40. The summed E-state index contributed by atoms with van der Waals surface area (Å²) in [5.41, 5.74) is 4.09. The van der Waals surface area contributed by atoms with Crippen molar-refractivity contribution in [3.05, 3.63) is 59.2 Å². The van der Waals surface area contributed by atoms with Crippen LogP contribution in [0.5, 0.6) is 5.75 Å². The van der Waals surface area contributed by atoms with Crippen molar-refractivity contribution in [2.45, 2.75) is 38.8 Å². The van der Waals surface area contributed by atoms with Crippen LogP contribution in [-0.4, -0.2) is 18.2 Å². The summed E-state index contributed by atoms with van der Waals surface area (Å²) in [5, 5.41) is 3.18. The zero-order chi connectivity index (χ0) is 16.9. The highest BCUT2D eigenvalue weighted by Crippen LogP contribution is 2.43. The largest absolute Gasteiger partial charge is 0.493 e. The molecule has 2 heterocycles. The fraction of sp³-hybridized carbons (Fsp3) is 0.350. The van der Waals surface area contributed by atoms with Crippen molar-refractivity contribution in [3.63, 3.8) is 0 Å². The van der Waals surface area contributed by atoms with Gasteiger partial charge >= 0.3 is 6.03 Å². The van der Waals surface area contributed by atoms with E-state index in [1.54, 1.807) is 0 Å². The summed E-state index contributed by atoms with van der Waals surface area (Å²) >= 11 is 0. The lowest BCUT2D eigenvalue weighted by atomic mass is 9.90. The number of amides is 2. The second kappa shape index (κ2) is 5.26. The van der Waals surface area contributed by atoms with Gasteiger partial charge in [0.25, 0.3) is 0 Å². The third kappa shape index (κ3) is 2.33. The van der Waals surface area contributed by atoms with E-state index in [1.807, 2.05) is 49.9 Å². The minimum Gasteiger partial charge on any atom is -0.493 e. The molecule has 4 rings (SSSR count). The number of nitrogens with zero attached hydrogens (tertiary/aromatic N) is 1. The van der Waals surface area contributed by atoms with E-state index in [0.717, 1.165) is 29.0 Å². The fourth-order valence-electron chi connectivity index (χ4n) is 3.61. The molecule has 0 radical (unpaired) electrons. The van der Waals surface area contributed by atoms with Crippen LogP contribution >= 0.6 is 0 Å². The maximum absolute atomic E-state index is 12.9. The molecule has 0 fully saturated rings. The number of carbonyl (C=O) groups is 1. The van der Waals surface area contributed by atoms with Gasteiger partial charge in [-0.25, -0.2) is 4.79 Å². The Balaban J connectivity index is 1.92. The quantitative estimate of drug-likeness (QED) is 0.861. The van der Waals surface area contributed by atoms with Crippen LogP contribution in [0.4, 0.5) is 10.5 Å². The number of fused-ring (bicyclic) bond motifs is 2. The molecule has 2 aliphatic rings. The molecule has 0 saturated carbocycles. The van der Waals surface area contributed by atoms with Crippen LogP contribution in [0.25, 0.3) is 0 Å². The minimum absolute atomic E-state index is 0.0678. The molecule has 1 unspecified atom stereocenters. The zero-order valence-corrected chi connectivity index (χ0v) is 14.3. The van der Waals surface area contributed by atoms with Crippen molar-refractivity contribution >= 4 is 11.7 Å². The Morgan fingerprint density at radius 1 is 1.17 bits per heavy atom. The maximum Gasteiger partial charge on any atom is 0.323 e.